The zero-order valence-electron chi connectivity index (χ0n) is 10.8. The number of hydrogen-bond acceptors (Lipinski definition) is 4. The van der Waals surface area contributed by atoms with Crippen LogP contribution >= 0.6 is 11.6 Å². The molecule has 2 aromatic rings. The van der Waals surface area contributed by atoms with Crippen molar-refractivity contribution in [1.82, 2.24) is 4.98 Å². The van der Waals surface area contributed by atoms with Gasteiger partial charge in [0, 0.05) is 10.7 Å². The Labute approximate surface area is 123 Å². The highest BCUT2D eigenvalue weighted by atomic mass is 35.5. The summed E-state index contributed by atoms with van der Waals surface area (Å²) in [7, 11) is -3.28. The first-order valence-electron chi connectivity index (χ1n) is 5.97. The lowest BCUT2D eigenvalue weighted by Gasteiger charge is -2.08. The Kier molecular flexibility index (Phi) is 4.46. The molecule has 20 heavy (non-hydrogen) atoms. The molecule has 0 bridgehead atoms. The van der Waals surface area contributed by atoms with Gasteiger partial charge in [0.1, 0.15) is 5.82 Å². The lowest BCUT2D eigenvalue weighted by molar-refractivity contribution is 0.602. The molecule has 0 fully saturated rings. The Bertz CT molecular complexity index is 687. The van der Waals surface area contributed by atoms with Crippen molar-refractivity contribution in [2.75, 3.05) is 15.8 Å². The van der Waals surface area contributed by atoms with Crippen LogP contribution in [-0.4, -0.2) is 19.2 Å². The Morgan fingerprint density at radius 2 is 2.00 bits per heavy atom. The van der Waals surface area contributed by atoms with Crippen LogP contribution in [0.1, 0.15) is 6.92 Å². The molecule has 7 heteroatoms. The fourth-order valence-corrected chi connectivity index (χ4v) is 2.31. The van der Waals surface area contributed by atoms with Gasteiger partial charge in [0.2, 0.25) is 10.0 Å². The van der Waals surface area contributed by atoms with Crippen molar-refractivity contribution in [3.8, 4) is 0 Å². The van der Waals surface area contributed by atoms with Crippen LogP contribution in [0.3, 0.4) is 0 Å². The van der Waals surface area contributed by atoms with Gasteiger partial charge in [-0.3, -0.25) is 4.72 Å². The van der Waals surface area contributed by atoms with Crippen LogP contribution in [0.15, 0.2) is 42.6 Å². The monoisotopic (exact) mass is 311 g/mol. The van der Waals surface area contributed by atoms with E-state index in [4.69, 9.17) is 11.6 Å². The lowest BCUT2D eigenvalue weighted by atomic mass is 10.3. The Balaban J connectivity index is 2.09. The second kappa shape index (κ2) is 6.11. The molecule has 0 unspecified atom stereocenters. The Morgan fingerprint density at radius 3 is 2.60 bits per heavy atom. The number of aromatic nitrogens is 1. The normalized spacial score (nSPS) is 11.1. The molecule has 0 saturated heterocycles. The minimum atomic E-state index is -3.28. The maximum Gasteiger partial charge on any atom is 0.232 e. The average molecular weight is 312 g/mol. The van der Waals surface area contributed by atoms with E-state index in [1.165, 1.54) is 6.20 Å². The molecular formula is C13H14ClN3O2S. The highest BCUT2D eigenvalue weighted by molar-refractivity contribution is 7.92. The predicted molar refractivity (Wildman–Crippen MR) is 82.1 cm³/mol. The van der Waals surface area contributed by atoms with Crippen molar-refractivity contribution < 1.29 is 8.42 Å². The van der Waals surface area contributed by atoms with Gasteiger partial charge in [-0.2, -0.15) is 0 Å². The Morgan fingerprint density at radius 1 is 1.20 bits per heavy atom. The van der Waals surface area contributed by atoms with Crippen LogP contribution in [0.25, 0.3) is 0 Å². The van der Waals surface area contributed by atoms with Crippen molar-refractivity contribution in [2.45, 2.75) is 6.92 Å². The molecule has 0 aliphatic rings. The van der Waals surface area contributed by atoms with Crippen molar-refractivity contribution in [3.05, 3.63) is 47.6 Å². The second-order valence-corrected chi connectivity index (χ2v) is 6.52. The molecule has 0 amide bonds. The SMILES string of the molecule is CCS(=O)(=O)Nc1ccc(Nc2cccc(Cl)c2)nc1. The van der Waals surface area contributed by atoms with Crippen LogP contribution in [0.4, 0.5) is 17.2 Å². The van der Waals surface area contributed by atoms with Crippen molar-refractivity contribution >= 4 is 38.8 Å². The van der Waals surface area contributed by atoms with E-state index in [9.17, 15) is 8.42 Å². The number of halogens is 1. The highest BCUT2D eigenvalue weighted by Crippen LogP contribution is 2.19. The summed E-state index contributed by atoms with van der Waals surface area (Å²) < 4.78 is 25.3. The topological polar surface area (TPSA) is 71.1 Å². The molecule has 106 valence electrons. The van der Waals surface area contributed by atoms with E-state index in [2.05, 4.69) is 15.0 Å². The fraction of sp³-hybridized carbons (Fsp3) is 0.154. The maximum absolute atomic E-state index is 11.4. The van der Waals surface area contributed by atoms with Crippen molar-refractivity contribution in [2.24, 2.45) is 0 Å². The third kappa shape index (κ3) is 4.11. The number of benzene rings is 1. The summed E-state index contributed by atoms with van der Waals surface area (Å²) in [5.41, 5.74) is 1.25. The standard InChI is InChI=1S/C13H14ClN3O2S/c1-2-20(18,19)17-12-6-7-13(15-9-12)16-11-5-3-4-10(14)8-11/h3-9,17H,2H2,1H3,(H,15,16). The number of hydrogen-bond donors (Lipinski definition) is 2. The number of rotatable bonds is 5. The second-order valence-electron chi connectivity index (χ2n) is 4.07. The van der Waals surface area contributed by atoms with Crippen LogP contribution in [0.2, 0.25) is 5.02 Å². The first-order chi connectivity index (χ1) is 9.48. The van der Waals surface area contributed by atoms with Crippen LogP contribution in [0.5, 0.6) is 0 Å². The third-order valence-corrected chi connectivity index (χ3v) is 4.06. The summed E-state index contributed by atoms with van der Waals surface area (Å²) in [4.78, 5) is 4.14. The van der Waals surface area contributed by atoms with E-state index < -0.39 is 10.0 Å². The van der Waals surface area contributed by atoms with Gasteiger partial charge < -0.3 is 5.32 Å². The number of sulfonamides is 1. The first-order valence-corrected chi connectivity index (χ1v) is 8.00. The molecule has 1 heterocycles. The molecule has 5 nitrogen and oxygen atoms in total. The number of nitrogens with one attached hydrogen (secondary N) is 2. The molecule has 1 aromatic carbocycles. The summed E-state index contributed by atoms with van der Waals surface area (Å²) in [6.45, 7) is 1.57. The molecule has 1 aromatic heterocycles. The van der Waals surface area contributed by atoms with E-state index in [1.54, 1.807) is 31.2 Å². The molecular weight excluding hydrogens is 298 g/mol. The molecule has 0 aliphatic heterocycles. The average Bonchev–Trinajstić information content (AvgIpc) is 2.41. The summed E-state index contributed by atoms with van der Waals surface area (Å²) in [5, 5.41) is 3.70. The van der Waals surface area contributed by atoms with Crippen molar-refractivity contribution in [3.63, 3.8) is 0 Å². The van der Waals surface area contributed by atoms with E-state index >= 15 is 0 Å². The van der Waals surface area contributed by atoms with E-state index in [0.29, 0.717) is 16.5 Å². The molecule has 0 radical (unpaired) electrons. The predicted octanol–water partition coefficient (Wildman–Crippen LogP) is 3.24. The highest BCUT2D eigenvalue weighted by Gasteiger charge is 2.06. The largest absolute Gasteiger partial charge is 0.340 e. The van der Waals surface area contributed by atoms with Gasteiger partial charge in [-0.15, -0.1) is 0 Å². The van der Waals surface area contributed by atoms with Gasteiger partial charge in [-0.25, -0.2) is 13.4 Å². The number of nitrogens with zero attached hydrogens (tertiary/aromatic N) is 1. The van der Waals surface area contributed by atoms with E-state index in [-0.39, 0.29) is 5.75 Å². The smallest absolute Gasteiger partial charge is 0.232 e. The zero-order valence-corrected chi connectivity index (χ0v) is 12.4. The minimum absolute atomic E-state index is 0.0233. The summed E-state index contributed by atoms with van der Waals surface area (Å²) in [6.07, 6.45) is 1.46. The van der Waals surface area contributed by atoms with Gasteiger partial charge in [-0.1, -0.05) is 17.7 Å². The van der Waals surface area contributed by atoms with Gasteiger partial charge in [0.15, 0.2) is 0 Å². The summed E-state index contributed by atoms with van der Waals surface area (Å²) >= 11 is 5.89. The van der Waals surface area contributed by atoms with Crippen LogP contribution in [0, 0.1) is 0 Å². The molecule has 0 aliphatic carbocycles. The molecule has 2 rings (SSSR count). The van der Waals surface area contributed by atoms with E-state index in [1.807, 2.05) is 12.1 Å². The molecule has 2 N–H and O–H groups in total. The van der Waals surface area contributed by atoms with Crippen molar-refractivity contribution in [1.29, 1.82) is 0 Å². The summed E-state index contributed by atoms with van der Waals surface area (Å²) in [5.74, 6) is 0.627. The molecule has 0 saturated carbocycles. The van der Waals surface area contributed by atoms with Crippen LogP contribution in [-0.2, 0) is 10.0 Å². The Hall–Kier alpha value is -1.79. The maximum atomic E-state index is 11.4. The number of pyridine rings is 1. The van der Waals surface area contributed by atoms with Gasteiger partial charge in [0.25, 0.3) is 0 Å². The van der Waals surface area contributed by atoms with Gasteiger partial charge in [-0.05, 0) is 37.3 Å². The van der Waals surface area contributed by atoms with Gasteiger partial charge in [0.05, 0.1) is 17.6 Å². The zero-order chi connectivity index (χ0) is 14.6. The van der Waals surface area contributed by atoms with Gasteiger partial charge >= 0.3 is 0 Å². The summed E-state index contributed by atoms with van der Waals surface area (Å²) in [6, 6.07) is 10.6. The van der Waals surface area contributed by atoms with Crippen LogP contribution < -0.4 is 10.0 Å². The quantitative estimate of drug-likeness (QED) is 0.889. The first kappa shape index (κ1) is 14.6. The van der Waals surface area contributed by atoms with E-state index in [0.717, 1.165) is 5.69 Å². The lowest BCUT2D eigenvalue weighted by Crippen LogP contribution is -2.14. The minimum Gasteiger partial charge on any atom is -0.340 e. The molecule has 0 atom stereocenters. The fourth-order valence-electron chi connectivity index (χ4n) is 1.49. The molecule has 0 spiro atoms. The number of anilines is 3. The third-order valence-electron chi connectivity index (χ3n) is 2.51.